The van der Waals surface area contributed by atoms with Gasteiger partial charge in [-0.1, -0.05) is 69.5 Å². The summed E-state index contributed by atoms with van der Waals surface area (Å²) in [7, 11) is 0. The van der Waals surface area contributed by atoms with Crippen molar-refractivity contribution in [1.82, 2.24) is 0 Å². The minimum Gasteiger partial charge on any atom is -0.490 e. The minimum absolute atomic E-state index is 0.00260. The van der Waals surface area contributed by atoms with Gasteiger partial charge in [0.15, 0.2) is 11.6 Å². The highest BCUT2D eigenvalue weighted by Crippen LogP contribution is 2.39. The van der Waals surface area contributed by atoms with Crippen molar-refractivity contribution in [2.24, 2.45) is 17.8 Å². The Morgan fingerprint density at radius 3 is 2.28 bits per heavy atom. The zero-order valence-corrected chi connectivity index (χ0v) is 22.3. The Hall–Kier alpha value is -2.16. The van der Waals surface area contributed by atoms with E-state index >= 15 is 0 Å². The van der Waals surface area contributed by atoms with Crippen LogP contribution in [0.1, 0.15) is 102 Å². The second-order valence-corrected chi connectivity index (χ2v) is 11.3. The molecule has 0 unspecified atom stereocenters. The molecule has 196 valence electrons. The van der Waals surface area contributed by atoms with Gasteiger partial charge in [0.25, 0.3) is 0 Å². The second kappa shape index (κ2) is 13.4. The largest absolute Gasteiger partial charge is 0.490 e. The molecular weight excluding hydrogens is 450 g/mol. The molecule has 0 atom stereocenters. The Morgan fingerprint density at radius 1 is 0.861 bits per heavy atom. The normalized spacial score (nSPS) is 24.8. The fraction of sp³-hybridized carbons (Fsp3) is 0.576. The quantitative estimate of drug-likeness (QED) is 0.236. The van der Waals surface area contributed by atoms with Crippen molar-refractivity contribution in [3.8, 4) is 16.9 Å². The lowest BCUT2D eigenvalue weighted by Gasteiger charge is -2.29. The first-order chi connectivity index (χ1) is 17.5. The summed E-state index contributed by atoms with van der Waals surface area (Å²) >= 11 is 0. The van der Waals surface area contributed by atoms with E-state index < -0.39 is 11.6 Å². The Balaban J connectivity index is 1.25. The third-order valence-corrected chi connectivity index (χ3v) is 8.55. The number of hydrogen-bond acceptors (Lipinski definition) is 1. The zero-order valence-electron chi connectivity index (χ0n) is 22.3. The van der Waals surface area contributed by atoms with Crippen LogP contribution < -0.4 is 4.74 Å². The molecule has 0 radical (unpaired) electrons. The van der Waals surface area contributed by atoms with E-state index in [4.69, 9.17) is 4.74 Å². The number of rotatable bonds is 10. The molecule has 0 heterocycles. The topological polar surface area (TPSA) is 9.23 Å². The van der Waals surface area contributed by atoms with E-state index in [2.05, 4.69) is 31.2 Å². The molecule has 0 aliphatic heterocycles. The third-order valence-electron chi connectivity index (χ3n) is 8.55. The smallest absolute Gasteiger partial charge is 0.201 e. The summed E-state index contributed by atoms with van der Waals surface area (Å²) in [6.07, 6.45) is 19.8. The summed E-state index contributed by atoms with van der Waals surface area (Å²) < 4.78 is 34.6. The molecule has 0 N–H and O–H groups in total. The average Bonchev–Trinajstić information content (AvgIpc) is 2.91. The van der Waals surface area contributed by atoms with Crippen LogP contribution in [0.2, 0.25) is 0 Å². The lowest BCUT2D eigenvalue weighted by molar-refractivity contribution is 0.289. The Kier molecular flexibility index (Phi) is 10.0. The molecule has 3 heteroatoms. The molecular formula is C33H44F2O. The van der Waals surface area contributed by atoms with Crippen molar-refractivity contribution in [3.63, 3.8) is 0 Å². The zero-order chi connectivity index (χ0) is 25.3. The molecule has 2 aliphatic rings. The van der Waals surface area contributed by atoms with Crippen molar-refractivity contribution in [2.45, 2.75) is 96.8 Å². The molecule has 2 aromatic rings. The first-order valence-electron chi connectivity index (χ1n) is 14.4. The van der Waals surface area contributed by atoms with Crippen LogP contribution in [0.5, 0.6) is 5.75 Å². The Labute approximate surface area is 217 Å². The standard InChI is InChI=1S/C33H44F2O/c1-3-4-23-36-31-22-21-30(32(34)33(31)35)29-19-17-28(18-20-29)27-15-13-26(14-16-27)8-6-5-7-25-11-9-24(2)10-12-25/h5,7,17-22,24-27H,3-4,6,8-16,23H2,1-2H3/b7-5+. The van der Waals surface area contributed by atoms with Crippen LogP contribution in [0.3, 0.4) is 0 Å². The minimum atomic E-state index is -0.894. The number of allylic oxidation sites excluding steroid dienone is 2. The van der Waals surface area contributed by atoms with E-state index in [1.54, 1.807) is 12.1 Å². The van der Waals surface area contributed by atoms with Crippen LogP contribution >= 0.6 is 0 Å². The van der Waals surface area contributed by atoms with Crippen LogP contribution in [0.4, 0.5) is 8.78 Å². The first-order valence-corrected chi connectivity index (χ1v) is 14.4. The van der Waals surface area contributed by atoms with Gasteiger partial charge in [0.1, 0.15) is 0 Å². The number of unbranched alkanes of at least 4 members (excludes halogenated alkanes) is 1. The van der Waals surface area contributed by atoms with Gasteiger partial charge in [0.05, 0.1) is 6.61 Å². The predicted octanol–water partition coefficient (Wildman–Crippen LogP) is 10.2. The van der Waals surface area contributed by atoms with Crippen LogP contribution in [-0.4, -0.2) is 6.61 Å². The van der Waals surface area contributed by atoms with Crippen molar-refractivity contribution in [2.75, 3.05) is 6.61 Å². The van der Waals surface area contributed by atoms with Crippen LogP contribution in [0.25, 0.3) is 11.1 Å². The maximum Gasteiger partial charge on any atom is 0.201 e. The highest BCUT2D eigenvalue weighted by atomic mass is 19.2. The maximum absolute atomic E-state index is 14.7. The van der Waals surface area contributed by atoms with Gasteiger partial charge >= 0.3 is 0 Å². The van der Waals surface area contributed by atoms with Gasteiger partial charge in [0, 0.05) is 5.56 Å². The summed E-state index contributed by atoms with van der Waals surface area (Å²) in [6, 6.07) is 11.3. The van der Waals surface area contributed by atoms with Gasteiger partial charge in [-0.3, -0.25) is 0 Å². The van der Waals surface area contributed by atoms with Gasteiger partial charge in [-0.25, -0.2) is 4.39 Å². The molecule has 0 amide bonds. The fourth-order valence-electron chi connectivity index (χ4n) is 6.01. The van der Waals surface area contributed by atoms with Gasteiger partial charge in [-0.2, -0.15) is 4.39 Å². The number of hydrogen-bond donors (Lipinski definition) is 0. The highest BCUT2D eigenvalue weighted by Gasteiger charge is 2.23. The fourth-order valence-corrected chi connectivity index (χ4v) is 6.01. The average molecular weight is 495 g/mol. The first kappa shape index (κ1) is 26.9. The molecule has 36 heavy (non-hydrogen) atoms. The monoisotopic (exact) mass is 494 g/mol. The Morgan fingerprint density at radius 2 is 1.58 bits per heavy atom. The van der Waals surface area contributed by atoms with E-state index in [1.165, 1.54) is 69.8 Å². The molecule has 2 aromatic carbocycles. The van der Waals surface area contributed by atoms with Crippen molar-refractivity contribution >= 4 is 0 Å². The van der Waals surface area contributed by atoms with E-state index in [-0.39, 0.29) is 5.75 Å². The molecule has 0 spiro atoms. The van der Waals surface area contributed by atoms with Crippen molar-refractivity contribution in [1.29, 1.82) is 0 Å². The molecule has 2 aliphatic carbocycles. The molecule has 2 saturated carbocycles. The SMILES string of the molecule is CCCCOc1ccc(-c2ccc(C3CCC(CC/C=C/C4CCC(C)CC4)CC3)cc2)c(F)c1F. The Bertz CT molecular complexity index is 964. The van der Waals surface area contributed by atoms with E-state index in [9.17, 15) is 8.78 Å². The maximum atomic E-state index is 14.7. The van der Waals surface area contributed by atoms with Crippen LogP contribution in [0.15, 0.2) is 48.6 Å². The van der Waals surface area contributed by atoms with Gasteiger partial charge in [-0.05, 0) is 105 Å². The van der Waals surface area contributed by atoms with Gasteiger partial charge in [-0.15, -0.1) is 0 Å². The summed E-state index contributed by atoms with van der Waals surface area (Å²) in [5, 5.41) is 0. The van der Waals surface area contributed by atoms with Gasteiger partial charge < -0.3 is 4.74 Å². The van der Waals surface area contributed by atoms with Crippen LogP contribution in [-0.2, 0) is 0 Å². The number of ether oxygens (including phenoxy) is 1. The summed E-state index contributed by atoms with van der Waals surface area (Å²) in [5.74, 6) is 1.43. The molecule has 0 bridgehead atoms. The second-order valence-electron chi connectivity index (χ2n) is 11.3. The summed E-state index contributed by atoms with van der Waals surface area (Å²) in [6.45, 7) is 4.82. The molecule has 4 rings (SSSR count). The van der Waals surface area contributed by atoms with Crippen LogP contribution in [0, 0.1) is 29.4 Å². The summed E-state index contributed by atoms with van der Waals surface area (Å²) in [4.78, 5) is 0. The van der Waals surface area contributed by atoms with E-state index in [0.29, 0.717) is 23.7 Å². The van der Waals surface area contributed by atoms with E-state index in [1.807, 2.05) is 19.1 Å². The van der Waals surface area contributed by atoms with Crippen molar-refractivity contribution in [3.05, 3.63) is 65.7 Å². The number of benzene rings is 2. The third kappa shape index (κ3) is 7.20. The molecule has 0 saturated heterocycles. The molecule has 1 nitrogen and oxygen atoms in total. The number of halogens is 2. The highest BCUT2D eigenvalue weighted by molar-refractivity contribution is 5.65. The predicted molar refractivity (Wildman–Crippen MR) is 146 cm³/mol. The van der Waals surface area contributed by atoms with Gasteiger partial charge in [0.2, 0.25) is 5.82 Å². The summed E-state index contributed by atoms with van der Waals surface area (Å²) in [5.41, 5.74) is 2.33. The van der Waals surface area contributed by atoms with Crippen molar-refractivity contribution < 1.29 is 13.5 Å². The lowest BCUT2D eigenvalue weighted by atomic mass is 9.77. The molecule has 0 aromatic heterocycles. The molecule has 2 fully saturated rings. The lowest BCUT2D eigenvalue weighted by Crippen LogP contribution is -2.13. The van der Waals surface area contributed by atoms with E-state index in [0.717, 1.165) is 30.6 Å².